The molecule has 0 atom stereocenters. The Balaban J connectivity index is 2.54. The maximum atomic E-state index is 12.4. The van der Waals surface area contributed by atoms with Crippen molar-refractivity contribution < 1.29 is 4.79 Å². The molecule has 1 amide bonds. The SMILES string of the molecule is Cc1cc(C)c(Cc2cc(C(N)=O)c(C)c(N(C)CC(C)C)c2)c(=O)[nH]1. The summed E-state index contributed by atoms with van der Waals surface area (Å²) in [7, 11) is 2.01. The molecule has 26 heavy (non-hydrogen) atoms. The van der Waals surface area contributed by atoms with Gasteiger partial charge in [0.05, 0.1) is 0 Å². The lowest BCUT2D eigenvalue weighted by atomic mass is 9.95. The number of benzene rings is 1. The number of H-pyrrole nitrogens is 1. The zero-order chi connectivity index (χ0) is 19.6. The van der Waals surface area contributed by atoms with E-state index in [-0.39, 0.29) is 5.56 Å². The summed E-state index contributed by atoms with van der Waals surface area (Å²) in [4.78, 5) is 29.3. The number of nitrogens with two attached hydrogens (primary N) is 1. The topological polar surface area (TPSA) is 79.2 Å². The number of anilines is 1. The van der Waals surface area contributed by atoms with Gasteiger partial charge in [-0.2, -0.15) is 0 Å². The molecule has 2 rings (SSSR count). The van der Waals surface area contributed by atoms with Crippen LogP contribution >= 0.6 is 0 Å². The molecule has 0 aliphatic carbocycles. The van der Waals surface area contributed by atoms with Crippen LogP contribution in [0.15, 0.2) is 23.0 Å². The molecule has 0 radical (unpaired) electrons. The smallest absolute Gasteiger partial charge is 0.251 e. The largest absolute Gasteiger partial charge is 0.374 e. The summed E-state index contributed by atoms with van der Waals surface area (Å²) in [5, 5.41) is 0. The van der Waals surface area contributed by atoms with E-state index in [1.54, 1.807) is 0 Å². The molecule has 5 nitrogen and oxygen atoms in total. The van der Waals surface area contributed by atoms with Gasteiger partial charge in [-0.3, -0.25) is 9.59 Å². The standard InChI is InChI=1S/C21H29N3O2/c1-12(2)11-24(6)19-10-16(9-18(15(19)5)20(22)25)8-17-13(3)7-14(4)23-21(17)26/h7,9-10,12H,8,11H2,1-6H3,(H2,22,25)(H,23,26). The number of carbonyl (C=O) groups is 1. The van der Waals surface area contributed by atoms with Gasteiger partial charge in [0.25, 0.3) is 5.56 Å². The molecule has 0 unspecified atom stereocenters. The van der Waals surface area contributed by atoms with Gasteiger partial charge in [-0.1, -0.05) is 13.8 Å². The van der Waals surface area contributed by atoms with Crippen molar-refractivity contribution in [2.24, 2.45) is 11.7 Å². The van der Waals surface area contributed by atoms with Gasteiger partial charge >= 0.3 is 0 Å². The molecule has 1 aromatic carbocycles. The summed E-state index contributed by atoms with van der Waals surface area (Å²) in [6.45, 7) is 10.9. The second-order valence-electron chi connectivity index (χ2n) is 7.55. The van der Waals surface area contributed by atoms with Crippen LogP contribution in [0.25, 0.3) is 0 Å². The molecule has 0 saturated heterocycles. The first kappa shape index (κ1) is 19.8. The first-order chi connectivity index (χ1) is 12.1. The summed E-state index contributed by atoms with van der Waals surface area (Å²) >= 11 is 0. The Morgan fingerprint density at radius 3 is 2.38 bits per heavy atom. The van der Waals surface area contributed by atoms with Crippen LogP contribution in [0.4, 0.5) is 5.69 Å². The number of hydrogen-bond acceptors (Lipinski definition) is 3. The number of amides is 1. The number of carbonyl (C=O) groups excluding carboxylic acids is 1. The number of rotatable bonds is 6. The van der Waals surface area contributed by atoms with Crippen LogP contribution in [-0.4, -0.2) is 24.5 Å². The molecular formula is C21H29N3O2. The number of nitrogens with one attached hydrogen (secondary N) is 1. The Hall–Kier alpha value is -2.56. The van der Waals surface area contributed by atoms with E-state index in [0.29, 0.717) is 23.5 Å². The van der Waals surface area contributed by atoms with Crippen LogP contribution in [-0.2, 0) is 6.42 Å². The van der Waals surface area contributed by atoms with Crippen LogP contribution < -0.4 is 16.2 Å². The second-order valence-corrected chi connectivity index (χ2v) is 7.55. The monoisotopic (exact) mass is 355 g/mol. The number of aromatic nitrogens is 1. The van der Waals surface area contributed by atoms with Gasteiger partial charge in [0.1, 0.15) is 0 Å². The van der Waals surface area contributed by atoms with Crippen molar-refractivity contribution in [2.75, 3.05) is 18.5 Å². The summed E-state index contributed by atoms with van der Waals surface area (Å²) in [5.74, 6) is 0.0420. The third-order valence-electron chi connectivity index (χ3n) is 4.63. The maximum absolute atomic E-state index is 12.4. The molecule has 5 heteroatoms. The Morgan fingerprint density at radius 2 is 1.85 bits per heavy atom. The van der Waals surface area contributed by atoms with Crippen molar-refractivity contribution in [3.05, 3.63) is 62.1 Å². The van der Waals surface area contributed by atoms with E-state index >= 15 is 0 Å². The van der Waals surface area contributed by atoms with E-state index in [9.17, 15) is 9.59 Å². The predicted octanol–water partition coefficient (Wildman–Crippen LogP) is 3.08. The van der Waals surface area contributed by atoms with E-state index in [4.69, 9.17) is 5.73 Å². The predicted molar refractivity (Wildman–Crippen MR) is 107 cm³/mol. The lowest BCUT2D eigenvalue weighted by Crippen LogP contribution is -2.25. The quantitative estimate of drug-likeness (QED) is 0.836. The van der Waals surface area contributed by atoms with Crippen LogP contribution in [0.3, 0.4) is 0 Å². The van der Waals surface area contributed by atoms with E-state index in [1.807, 2.05) is 40.0 Å². The van der Waals surface area contributed by atoms with E-state index in [1.165, 1.54) is 0 Å². The van der Waals surface area contributed by atoms with Gasteiger partial charge in [-0.25, -0.2) is 0 Å². The Morgan fingerprint density at radius 1 is 1.19 bits per heavy atom. The highest BCUT2D eigenvalue weighted by Gasteiger charge is 2.16. The summed E-state index contributed by atoms with van der Waals surface area (Å²) in [6.07, 6.45) is 0.463. The van der Waals surface area contributed by atoms with Crippen molar-refractivity contribution in [1.29, 1.82) is 0 Å². The first-order valence-electron chi connectivity index (χ1n) is 8.94. The molecule has 0 saturated carbocycles. The van der Waals surface area contributed by atoms with Gasteiger partial charge in [0, 0.05) is 42.5 Å². The van der Waals surface area contributed by atoms with E-state index in [0.717, 1.165) is 34.6 Å². The van der Waals surface area contributed by atoms with E-state index in [2.05, 4.69) is 29.8 Å². The molecule has 0 aliphatic rings. The fourth-order valence-electron chi connectivity index (χ4n) is 3.46. The van der Waals surface area contributed by atoms with Crippen molar-refractivity contribution >= 4 is 11.6 Å². The molecular weight excluding hydrogens is 326 g/mol. The van der Waals surface area contributed by atoms with Crippen LogP contribution in [0.5, 0.6) is 0 Å². The zero-order valence-electron chi connectivity index (χ0n) is 16.6. The maximum Gasteiger partial charge on any atom is 0.251 e. The van der Waals surface area contributed by atoms with Gasteiger partial charge in [0.15, 0.2) is 0 Å². The number of primary amides is 1. The van der Waals surface area contributed by atoms with Crippen molar-refractivity contribution in [3.63, 3.8) is 0 Å². The molecule has 2 aromatic rings. The summed E-state index contributed by atoms with van der Waals surface area (Å²) < 4.78 is 0. The molecule has 0 aliphatic heterocycles. The van der Waals surface area contributed by atoms with Gasteiger partial charge in [-0.05, 0) is 61.6 Å². The molecule has 0 spiro atoms. The molecule has 0 fully saturated rings. The number of hydrogen-bond donors (Lipinski definition) is 2. The van der Waals surface area contributed by atoms with Gasteiger partial charge in [0.2, 0.25) is 5.91 Å². The van der Waals surface area contributed by atoms with Gasteiger partial charge in [-0.15, -0.1) is 0 Å². The number of aryl methyl sites for hydroxylation is 2. The second kappa shape index (κ2) is 7.77. The third-order valence-corrected chi connectivity index (χ3v) is 4.63. The third kappa shape index (κ3) is 4.34. The van der Waals surface area contributed by atoms with Crippen molar-refractivity contribution in [1.82, 2.24) is 4.98 Å². The fraction of sp³-hybridized carbons (Fsp3) is 0.429. The molecule has 1 heterocycles. The molecule has 0 bridgehead atoms. The lowest BCUT2D eigenvalue weighted by Gasteiger charge is -2.25. The van der Waals surface area contributed by atoms with Crippen LogP contribution in [0.1, 0.15) is 52.2 Å². The highest BCUT2D eigenvalue weighted by Crippen LogP contribution is 2.27. The van der Waals surface area contributed by atoms with Crippen molar-refractivity contribution in [3.8, 4) is 0 Å². The Bertz CT molecular complexity index is 882. The molecule has 1 aromatic heterocycles. The minimum absolute atomic E-state index is 0.0826. The zero-order valence-corrected chi connectivity index (χ0v) is 16.6. The highest BCUT2D eigenvalue weighted by atomic mass is 16.1. The average Bonchev–Trinajstić information content (AvgIpc) is 2.50. The number of aromatic amines is 1. The van der Waals surface area contributed by atoms with E-state index < -0.39 is 5.91 Å². The number of pyridine rings is 1. The number of nitrogens with zero attached hydrogens (tertiary/aromatic N) is 1. The normalized spacial score (nSPS) is 11.0. The molecule has 140 valence electrons. The van der Waals surface area contributed by atoms with Crippen LogP contribution in [0.2, 0.25) is 0 Å². The first-order valence-corrected chi connectivity index (χ1v) is 8.94. The summed E-state index contributed by atoms with van der Waals surface area (Å²) in [5.41, 5.74) is 11.3. The lowest BCUT2D eigenvalue weighted by molar-refractivity contribution is 0.0999. The minimum atomic E-state index is -0.446. The minimum Gasteiger partial charge on any atom is -0.374 e. The Labute approximate surface area is 155 Å². The fourth-order valence-corrected chi connectivity index (χ4v) is 3.46. The van der Waals surface area contributed by atoms with Crippen LogP contribution in [0, 0.1) is 26.7 Å². The van der Waals surface area contributed by atoms with Gasteiger partial charge < -0.3 is 15.6 Å². The Kier molecular flexibility index (Phi) is 5.90. The average molecular weight is 355 g/mol. The molecule has 3 N–H and O–H groups in total. The van der Waals surface area contributed by atoms with Crippen molar-refractivity contribution in [2.45, 2.75) is 41.0 Å². The summed E-state index contributed by atoms with van der Waals surface area (Å²) in [6, 6.07) is 5.83. The highest BCUT2D eigenvalue weighted by molar-refractivity contribution is 5.96.